The summed E-state index contributed by atoms with van der Waals surface area (Å²) in [6, 6.07) is 15.4. The van der Waals surface area contributed by atoms with Gasteiger partial charge in [-0.2, -0.15) is 9.78 Å². The Bertz CT molecular complexity index is 1500. The zero-order valence-corrected chi connectivity index (χ0v) is 23.1. The smallest absolute Gasteiger partial charge is 0.282 e. The van der Waals surface area contributed by atoms with E-state index < -0.39 is 0 Å². The second-order valence-corrected chi connectivity index (χ2v) is 10.1. The number of ether oxygens (including phenoxy) is 2. The predicted molar refractivity (Wildman–Crippen MR) is 147 cm³/mol. The van der Waals surface area contributed by atoms with Gasteiger partial charge >= 0.3 is 0 Å². The molecule has 0 N–H and O–H groups in total. The average molecular weight is 617 g/mol. The maximum absolute atomic E-state index is 14.0. The van der Waals surface area contributed by atoms with Crippen LogP contribution in [0.2, 0.25) is 0 Å². The van der Waals surface area contributed by atoms with Crippen LogP contribution in [0.3, 0.4) is 0 Å². The van der Waals surface area contributed by atoms with Crippen molar-refractivity contribution >= 4 is 49.0 Å². The van der Waals surface area contributed by atoms with E-state index in [9.17, 15) is 9.18 Å². The Labute approximate surface area is 225 Å². The molecule has 1 aromatic heterocycles. The number of benzene rings is 3. The molecule has 6 nitrogen and oxygen atoms in total. The third kappa shape index (κ3) is 5.68. The van der Waals surface area contributed by atoms with Crippen LogP contribution in [-0.4, -0.2) is 22.5 Å². The zero-order valence-electron chi connectivity index (χ0n) is 20.0. The predicted octanol–water partition coefficient (Wildman–Crippen LogP) is 7.04. The fourth-order valence-corrected chi connectivity index (χ4v) is 4.54. The molecular weight excluding hydrogens is 593 g/mol. The van der Waals surface area contributed by atoms with Crippen molar-refractivity contribution in [1.29, 1.82) is 0 Å². The van der Waals surface area contributed by atoms with E-state index in [1.807, 2.05) is 32.9 Å². The second kappa shape index (κ2) is 11.3. The lowest BCUT2D eigenvalue weighted by Gasteiger charge is -2.15. The molecule has 0 bridgehead atoms. The van der Waals surface area contributed by atoms with Crippen molar-refractivity contribution in [3.8, 4) is 11.5 Å². The Balaban J connectivity index is 1.71. The topological polar surface area (TPSA) is 65.7 Å². The van der Waals surface area contributed by atoms with E-state index in [2.05, 4.69) is 41.9 Å². The van der Waals surface area contributed by atoms with Gasteiger partial charge in [-0.3, -0.25) is 4.79 Å². The highest BCUT2D eigenvalue weighted by Gasteiger charge is 2.16. The minimum absolute atomic E-state index is 0.0252. The molecule has 0 radical (unpaired) electrons. The molecule has 1 heterocycles. The molecule has 0 aliphatic carbocycles. The van der Waals surface area contributed by atoms with Crippen molar-refractivity contribution in [2.24, 2.45) is 5.10 Å². The van der Waals surface area contributed by atoms with Crippen molar-refractivity contribution in [2.75, 3.05) is 6.61 Å². The van der Waals surface area contributed by atoms with Crippen LogP contribution in [0.5, 0.6) is 11.5 Å². The van der Waals surface area contributed by atoms with Crippen molar-refractivity contribution in [1.82, 2.24) is 9.66 Å². The number of aromatic nitrogens is 2. The van der Waals surface area contributed by atoms with Gasteiger partial charge in [-0.1, -0.05) is 48.0 Å². The molecule has 186 valence electrons. The van der Waals surface area contributed by atoms with Gasteiger partial charge < -0.3 is 9.47 Å². The third-order valence-electron chi connectivity index (χ3n) is 5.33. The van der Waals surface area contributed by atoms with Crippen LogP contribution < -0.4 is 15.0 Å². The maximum atomic E-state index is 14.0. The largest absolute Gasteiger partial charge is 0.490 e. The summed E-state index contributed by atoms with van der Waals surface area (Å²) in [5, 5.41) is 4.96. The van der Waals surface area contributed by atoms with Crippen molar-refractivity contribution < 1.29 is 13.9 Å². The Morgan fingerprint density at radius 1 is 1.11 bits per heavy atom. The van der Waals surface area contributed by atoms with Crippen LogP contribution in [0.25, 0.3) is 10.9 Å². The monoisotopic (exact) mass is 615 g/mol. The minimum atomic E-state index is -0.335. The van der Waals surface area contributed by atoms with E-state index in [-0.39, 0.29) is 23.9 Å². The SMILES string of the molecule is CCOc1cc(C=Nn2c(C(C)C)nc3ccc(Br)cc3c2=O)cc(Br)c1OCc1ccccc1F. The Hall–Kier alpha value is -3.04. The first-order valence-electron chi connectivity index (χ1n) is 11.4. The van der Waals surface area contributed by atoms with E-state index >= 15 is 0 Å². The summed E-state index contributed by atoms with van der Waals surface area (Å²) in [4.78, 5) is 17.9. The van der Waals surface area contributed by atoms with Crippen LogP contribution in [0, 0.1) is 5.82 Å². The molecule has 3 aromatic carbocycles. The molecule has 4 rings (SSSR count). The third-order valence-corrected chi connectivity index (χ3v) is 6.42. The summed E-state index contributed by atoms with van der Waals surface area (Å²) in [6.45, 7) is 6.24. The first kappa shape index (κ1) is 26.0. The number of fused-ring (bicyclic) bond motifs is 1. The first-order chi connectivity index (χ1) is 17.3. The van der Waals surface area contributed by atoms with Crippen LogP contribution >= 0.6 is 31.9 Å². The molecule has 0 fully saturated rings. The number of hydrogen-bond acceptors (Lipinski definition) is 5. The standard InChI is InChI=1S/C27H24Br2FN3O3/c1-4-35-24-12-17(11-21(29)25(24)36-15-18-7-5-6-8-22(18)30)14-31-33-26(16(2)3)32-23-10-9-19(28)13-20(23)27(33)34/h5-14,16H,4,15H2,1-3H3. The maximum Gasteiger partial charge on any atom is 0.282 e. The highest BCUT2D eigenvalue weighted by atomic mass is 79.9. The average Bonchev–Trinajstić information content (AvgIpc) is 2.84. The lowest BCUT2D eigenvalue weighted by atomic mass is 10.2. The van der Waals surface area contributed by atoms with Gasteiger partial charge in [0.25, 0.3) is 5.56 Å². The molecule has 4 aromatic rings. The number of nitrogens with zero attached hydrogens (tertiary/aromatic N) is 3. The fourth-order valence-electron chi connectivity index (χ4n) is 3.61. The van der Waals surface area contributed by atoms with Gasteiger partial charge in [-0.25, -0.2) is 9.37 Å². The summed E-state index contributed by atoms with van der Waals surface area (Å²) in [5.74, 6) is 1.12. The zero-order chi connectivity index (χ0) is 25.8. The molecule has 0 saturated heterocycles. The molecular formula is C27H24Br2FN3O3. The second-order valence-electron chi connectivity index (χ2n) is 8.29. The lowest BCUT2D eigenvalue weighted by Crippen LogP contribution is -2.23. The summed E-state index contributed by atoms with van der Waals surface area (Å²) in [7, 11) is 0. The quantitative estimate of drug-likeness (QED) is 0.199. The molecule has 0 unspecified atom stereocenters. The molecule has 0 amide bonds. The highest BCUT2D eigenvalue weighted by Crippen LogP contribution is 2.37. The molecule has 0 atom stereocenters. The highest BCUT2D eigenvalue weighted by molar-refractivity contribution is 9.10. The fraction of sp³-hybridized carbons (Fsp3) is 0.222. The normalized spacial score (nSPS) is 11.5. The minimum Gasteiger partial charge on any atom is -0.490 e. The Morgan fingerprint density at radius 3 is 2.61 bits per heavy atom. The van der Waals surface area contributed by atoms with Crippen LogP contribution in [0.1, 0.15) is 43.6 Å². The summed E-state index contributed by atoms with van der Waals surface area (Å²) < 4.78 is 28.5. The summed E-state index contributed by atoms with van der Waals surface area (Å²) in [5.41, 5.74) is 1.49. The molecule has 36 heavy (non-hydrogen) atoms. The van der Waals surface area contributed by atoms with E-state index in [1.54, 1.807) is 42.6 Å². The lowest BCUT2D eigenvalue weighted by molar-refractivity contribution is 0.264. The molecule has 9 heteroatoms. The van der Waals surface area contributed by atoms with Crippen LogP contribution in [-0.2, 0) is 6.61 Å². The van der Waals surface area contributed by atoms with Crippen molar-refractivity contribution in [3.63, 3.8) is 0 Å². The number of rotatable bonds is 8. The number of halogens is 3. The van der Waals surface area contributed by atoms with Crippen molar-refractivity contribution in [3.05, 3.63) is 96.7 Å². The van der Waals surface area contributed by atoms with E-state index in [0.29, 0.717) is 50.4 Å². The van der Waals surface area contributed by atoms with Gasteiger partial charge in [0.2, 0.25) is 0 Å². The van der Waals surface area contributed by atoms with Gasteiger partial charge in [0, 0.05) is 16.0 Å². The van der Waals surface area contributed by atoms with Gasteiger partial charge in [0.15, 0.2) is 11.5 Å². The summed E-state index contributed by atoms with van der Waals surface area (Å²) >= 11 is 6.95. The van der Waals surface area contributed by atoms with Gasteiger partial charge in [-0.15, -0.1) is 0 Å². The van der Waals surface area contributed by atoms with Gasteiger partial charge in [-0.05, 0) is 64.8 Å². The first-order valence-corrected chi connectivity index (χ1v) is 13.0. The van der Waals surface area contributed by atoms with Crippen molar-refractivity contribution in [2.45, 2.75) is 33.3 Å². The van der Waals surface area contributed by atoms with Crippen LogP contribution in [0.15, 0.2) is 73.4 Å². The van der Waals surface area contributed by atoms with E-state index in [0.717, 1.165) is 4.47 Å². The van der Waals surface area contributed by atoms with Gasteiger partial charge in [0.05, 0.1) is 28.2 Å². The number of hydrogen-bond donors (Lipinski definition) is 0. The Kier molecular flexibility index (Phi) is 8.21. The molecule has 0 saturated carbocycles. The Morgan fingerprint density at radius 2 is 1.89 bits per heavy atom. The van der Waals surface area contributed by atoms with Crippen LogP contribution in [0.4, 0.5) is 4.39 Å². The van der Waals surface area contributed by atoms with E-state index in [1.165, 1.54) is 10.7 Å². The molecule has 0 aliphatic rings. The molecule has 0 spiro atoms. The van der Waals surface area contributed by atoms with Gasteiger partial charge in [0.1, 0.15) is 18.2 Å². The summed E-state index contributed by atoms with van der Waals surface area (Å²) in [6.07, 6.45) is 1.58. The molecule has 0 aliphatic heterocycles. The van der Waals surface area contributed by atoms with E-state index in [4.69, 9.17) is 9.47 Å².